The highest BCUT2D eigenvalue weighted by molar-refractivity contribution is 5.88. The molecule has 0 radical (unpaired) electrons. The van der Waals surface area contributed by atoms with E-state index >= 15 is 0 Å². The average Bonchev–Trinajstić information content (AvgIpc) is 3.13. The molecule has 0 saturated heterocycles. The fourth-order valence-electron chi connectivity index (χ4n) is 3.09. The number of carbonyl (C=O) groups excluding carboxylic acids is 1. The normalized spacial score (nSPS) is 21.2. The lowest BCUT2D eigenvalue weighted by Gasteiger charge is -2.18. The Kier molecular flexibility index (Phi) is 4.34. The number of aromatic nitrogens is 1. The van der Waals surface area contributed by atoms with Crippen molar-refractivity contribution in [2.45, 2.75) is 37.9 Å². The van der Waals surface area contributed by atoms with Gasteiger partial charge in [0.1, 0.15) is 11.9 Å². The zero-order chi connectivity index (χ0) is 15.5. The van der Waals surface area contributed by atoms with Gasteiger partial charge in [0.15, 0.2) is 0 Å². The third kappa shape index (κ3) is 2.95. The summed E-state index contributed by atoms with van der Waals surface area (Å²) in [5.74, 6) is 0.564. The van der Waals surface area contributed by atoms with Gasteiger partial charge in [0.2, 0.25) is 0 Å². The molecule has 1 aliphatic rings. The summed E-state index contributed by atoms with van der Waals surface area (Å²) in [5, 5.41) is 0.992. The van der Waals surface area contributed by atoms with Gasteiger partial charge in [-0.2, -0.15) is 0 Å². The summed E-state index contributed by atoms with van der Waals surface area (Å²) in [7, 11) is 3.30. The summed E-state index contributed by atoms with van der Waals surface area (Å²) < 4.78 is 16.2. The number of methoxy groups -OCH3 is 2. The summed E-state index contributed by atoms with van der Waals surface area (Å²) in [5.41, 5.74) is 1.91. The fourth-order valence-corrected chi connectivity index (χ4v) is 3.09. The number of rotatable bonds is 5. The van der Waals surface area contributed by atoms with Crippen LogP contribution in [0.25, 0.3) is 10.9 Å². The molecule has 5 heteroatoms. The first kappa shape index (κ1) is 14.9. The van der Waals surface area contributed by atoms with E-state index in [1.807, 2.05) is 24.4 Å². The van der Waals surface area contributed by atoms with Crippen molar-refractivity contribution >= 4 is 16.9 Å². The molecule has 1 aromatic heterocycles. The molecule has 1 fully saturated rings. The van der Waals surface area contributed by atoms with Crippen LogP contribution in [0.15, 0.2) is 24.4 Å². The van der Waals surface area contributed by atoms with E-state index < -0.39 is 0 Å². The zero-order valence-corrected chi connectivity index (χ0v) is 12.9. The molecular formula is C17H21NO4. The lowest BCUT2D eigenvalue weighted by atomic mass is 10.1. The SMILES string of the molecule is COc1ccc2[nH]cc(CC(=O)O[C@@H]3CCC[C@H]3OC)c2c1. The van der Waals surface area contributed by atoms with Crippen LogP contribution in [-0.2, 0) is 20.7 Å². The minimum absolute atomic E-state index is 0.0343. The number of H-pyrrole nitrogens is 1. The summed E-state index contributed by atoms with van der Waals surface area (Å²) in [6.07, 6.45) is 4.91. The van der Waals surface area contributed by atoms with Crippen molar-refractivity contribution in [1.82, 2.24) is 4.98 Å². The van der Waals surface area contributed by atoms with Crippen molar-refractivity contribution < 1.29 is 19.0 Å². The molecule has 22 heavy (non-hydrogen) atoms. The number of esters is 1. The third-order valence-electron chi connectivity index (χ3n) is 4.29. The first-order chi connectivity index (χ1) is 10.7. The number of aromatic amines is 1. The van der Waals surface area contributed by atoms with E-state index in [1.54, 1.807) is 14.2 Å². The van der Waals surface area contributed by atoms with Crippen LogP contribution >= 0.6 is 0 Å². The first-order valence-electron chi connectivity index (χ1n) is 7.57. The second-order valence-electron chi connectivity index (χ2n) is 5.64. The van der Waals surface area contributed by atoms with Crippen molar-refractivity contribution in [3.8, 4) is 5.75 Å². The number of hydrogen-bond donors (Lipinski definition) is 1. The lowest BCUT2D eigenvalue weighted by Crippen LogP contribution is -2.28. The maximum absolute atomic E-state index is 12.2. The van der Waals surface area contributed by atoms with E-state index in [-0.39, 0.29) is 24.6 Å². The molecule has 1 aromatic carbocycles. The standard InChI is InChI=1S/C17H21NO4/c1-20-12-6-7-14-13(9-12)11(10-18-14)8-17(19)22-16-5-3-4-15(16)21-2/h6-7,9-10,15-16,18H,3-5,8H2,1-2H3/t15-,16-/m1/s1. The van der Waals surface area contributed by atoms with Crippen molar-refractivity contribution in [2.24, 2.45) is 0 Å². The number of ether oxygens (including phenoxy) is 3. The molecular weight excluding hydrogens is 282 g/mol. The van der Waals surface area contributed by atoms with E-state index in [1.165, 1.54) is 0 Å². The predicted molar refractivity (Wildman–Crippen MR) is 83.1 cm³/mol. The minimum Gasteiger partial charge on any atom is -0.497 e. The van der Waals surface area contributed by atoms with E-state index in [9.17, 15) is 4.79 Å². The maximum Gasteiger partial charge on any atom is 0.310 e. The van der Waals surface area contributed by atoms with Crippen LogP contribution in [0.4, 0.5) is 0 Å². The van der Waals surface area contributed by atoms with Crippen LogP contribution < -0.4 is 4.74 Å². The second-order valence-corrected chi connectivity index (χ2v) is 5.64. The number of fused-ring (bicyclic) bond motifs is 1. The van der Waals surface area contributed by atoms with Crippen molar-refractivity contribution in [1.29, 1.82) is 0 Å². The summed E-state index contributed by atoms with van der Waals surface area (Å²) in [4.78, 5) is 15.4. The molecule has 1 heterocycles. The van der Waals surface area contributed by atoms with Gasteiger partial charge in [-0.3, -0.25) is 4.79 Å². The van der Waals surface area contributed by atoms with E-state index in [0.717, 1.165) is 41.5 Å². The Balaban J connectivity index is 1.71. The lowest BCUT2D eigenvalue weighted by molar-refractivity contribution is -0.153. The Morgan fingerprint density at radius 1 is 1.27 bits per heavy atom. The molecule has 1 aliphatic carbocycles. The molecule has 2 aromatic rings. The Bertz CT molecular complexity index is 664. The largest absolute Gasteiger partial charge is 0.497 e. The van der Waals surface area contributed by atoms with Crippen LogP contribution in [0.1, 0.15) is 24.8 Å². The van der Waals surface area contributed by atoms with Crippen molar-refractivity contribution in [3.05, 3.63) is 30.0 Å². The molecule has 1 saturated carbocycles. The Morgan fingerprint density at radius 2 is 2.09 bits per heavy atom. The van der Waals surface area contributed by atoms with Gasteiger partial charge >= 0.3 is 5.97 Å². The number of nitrogens with one attached hydrogen (secondary N) is 1. The number of benzene rings is 1. The summed E-state index contributed by atoms with van der Waals surface area (Å²) in [6.45, 7) is 0. The van der Waals surface area contributed by atoms with Crippen molar-refractivity contribution in [2.75, 3.05) is 14.2 Å². The number of hydrogen-bond acceptors (Lipinski definition) is 4. The molecule has 1 N–H and O–H groups in total. The molecule has 118 valence electrons. The molecule has 3 rings (SSSR count). The highest BCUT2D eigenvalue weighted by Gasteiger charge is 2.30. The van der Waals surface area contributed by atoms with Crippen LogP contribution in [0.5, 0.6) is 5.75 Å². The van der Waals surface area contributed by atoms with Gasteiger partial charge in [-0.25, -0.2) is 0 Å². The average molecular weight is 303 g/mol. The minimum atomic E-state index is -0.210. The van der Waals surface area contributed by atoms with Crippen LogP contribution in [-0.4, -0.2) is 37.4 Å². The Labute approximate surface area is 129 Å². The van der Waals surface area contributed by atoms with Crippen LogP contribution in [0.2, 0.25) is 0 Å². The monoisotopic (exact) mass is 303 g/mol. The first-order valence-corrected chi connectivity index (χ1v) is 7.57. The predicted octanol–water partition coefficient (Wildman–Crippen LogP) is 2.83. The Hall–Kier alpha value is -2.01. The molecule has 2 atom stereocenters. The maximum atomic E-state index is 12.2. The van der Waals surface area contributed by atoms with Gasteiger partial charge in [-0.1, -0.05) is 0 Å². The van der Waals surface area contributed by atoms with Crippen LogP contribution in [0.3, 0.4) is 0 Å². The van der Waals surface area contributed by atoms with Crippen molar-refractivity contribution in [3.63, 3.8) is 0 Å². The smallest absolute Gasteiger partial charge is 0.310 e. The van der Waals surface area contributed by atoms with Gasteiger partial charge in [0.05, 0.1) is 19.6 Å². The summed E-state index contributed by atoms with van der Waals surface area (Å²) in [6, 6.07) is 5.77. The topological polar surface area (TPSA) is 60.6 Å². The highest BCUT2D eigenvalue weighted by Crippen LogP contribution is 2.27. The molecule has 0 amide bonds. The molecule has 0 spiro atoms. The fraction of sp³-hybridized carbons (Fsp3) is 0.471. The highest BCUT2D eigenvalue weighted by atomic mass is 16.6. The van der Waals surface area contributed by atoms with Gasteiger partial charge < -0.3 is 19.2 Å². The van der Waals surface area contributed by atoms with Gasteiger partial charge in [0.25, 0.3) is 0 Å². The van der Waals surface area contributed by atoms with Gasteiger partial charge in [-0.15, -0.1) is 0 Å². The van der Waals surface area contributed by atoms with Gasteiger partial charge in [0, 0.05) is 24.2 Å². The molecule has 0 aliphatic heterocycles. The molecule has 0 bridgehead atoms. The zero-order valence-electron chi connectivity index (χ0n) is 12.9. The van der Waals surface area contributed by atoms with Gasteiger partial charge in [-0.05, 0) is 43.0 Å². The molecule has 5 nitrogen and oxygen atoms in total. The molecule has 0 unspecified atom stereocenters. The van der Waals surface area contributed by atoms with Crippen LogP contribution in [0, 0.1) is 0 Å². The quantitative estimate of drug-likeness (QED) is 0.863. The number of carbonyl (C=O) groups is 1. The third-order valence-corrected chi connectivity index (χ3v) is 4.29. The second kappa shape index (κ2) is 6.40. The summed E-state index contributed by atoms with van der Waals surface area (Å²) >= 11 is 0. The van der Waals surface area contributed by atoms with E-state index in [4.69, 9.17) is 14.2 Å². The van der Waals surface area contributed by atoms with E-state index in [0.29, 0.717) is 0 Å². The van der Waals surface area contributed by atoms with E-state index in [2.05, 4.69) is 4.98 Å². The Morgan fingerprint density at radius 3 is 2.86 bits per heavy atom.